The molecule has 3 nitrogen and oxygen atoms in total. The minimum atomic E-state index is 0.189. The molecule has 0 aliphatic carbocycles. The summed E-state index contributed by atoms with van der Waals surface area (Å²) in [6, 6.07) is 0. The lowest BCUT2D eigenvalue weighted by Gasteiger charge is -2.14. The zero-order valence-electron chi connectivity index (χ0n) is 7.82. The van der Waals surface area contributed by atoms with Gasteiger partial charge in [0.05, 0.1) is 22.8 Å². The zero-order chi connectivity index (χ0) is 10.1. The Labute approximate surface area is 93.1 Å². The maximum absolute atomic E-state index is 6.12. The molecule has 1 aromatic rings. The van der Waals surface area contributed by atoms with Crippen LogP contribution < -0.4 is 4.90 Å². The quantitative estimate of drug-likeness (QED) is 0.695. The Bertz CT molecular complexity index is 304. The molecule has 0 N–H and O–H groups in total. The third-order valence-electron chi connectivity index (χ3n) is 2.41. The lowest BCUT2D eigenvalue weighted by molar-refractivity contribution is 0.665. The number of aromatic nitrogens is 2. The van der Waals surface area contributed by atoms with Crippen molar-refractivity contribution in [1.29, 1.82) is 0 Å². The van der Waals surface area contributed by atoms with Gasteiger partial charge in [-0.05, 0) is 5.92 Å². The average Bonchev–Trinajstić information content (AvgIpc) is 2.48. The van der Waals surface area contributed by atoms with E-state index in [4.69, 9.17) is 23.2 Å². The number of hydrogen-bond acceptors (Lipinski definition) is 3. The van der Waals surface area contributed by atoms with Gasteiger partial charge in [0.25, 0.3) is 0 Å². The van der Waals surface area contributed by atoms with Crippen molar-refractivity contribution in [1.82, 2.24) is 9.97 Å². The summed E-state index contributed by atoms with van der Waals surface area (Å²) < 4.78 is 0. The zero-order valence-corrected chi connectivity index (χ0v) is 9.33. The highest BCUT2D eigenvalue weighted by Crippen LogP contribution is 2.24. The van der Waals surface area contributed by atoms with Crippen molar-refractivity contribution in [3.63, 3.8) is 0 Å². The average molecular weight is 232 g/mol. The maximum atomic E-state index is 6.12. The lowest BCUT2D eigenvalue weighted by atomic mass is 10.2. The molecular formula is C9H11Cl2N3. The molecule has 0 amide bonds. The number of rotatable bonds is 1. The molecule has 2 heterocycles. The van der Waals surface area contributed by atoms with E-state index in [9.17, 15) is 0 Å². The van der Waals surface area contributed by atoms with Crippen molar-refractivity contribution in [3.05, 3.63) is 17.4 Å². The molecule has 0 aromatic carbocycles. The van der Waals surface area contributed by atoms with Crippen LogP contribution in [0, 0.1) is 5.92 Å². The molecule has 14 heavy (non-hydrogen) atoms. The van der Waals surface area contributed by atoms with Gasteiger partial charge in [-0.1, -0.05) is 18.5 Å². The van der Waals surface area contributed by atoms with Crippen LogP contribution in [-0.4, -0.2) is 28.4 Å². The summed E-state index contributed by atoms with van der Waals surface area (Å²) in [4.78, 5) is 10.4. The molecule has 1 saturated heterocycles. The Morgan fingerprint density at radius 1 is 1.36 bits per heavy atom. The molecule has 0 saturated carbocycles. The van der Waals surface area contributed by atoms with Crippen LogP contribution in [0.15, 0.2) is 12.4 Å². The van der Waals surface area contributed by atoms with Crippen LogP contribution in [0.1, 0.15) is 6.92 Å². The van der Waals surface area contributed by atoms with Crippen molar-refractivity contribution >= 4 is 29.2 Å². The molecular weight excluding hydrogens is 221 g/mol. The van der Waals surface area contributed by atoms with Gasteiger partial charge in [-0.25, -0.2) is 9.97 Å². The lowest BCUT2D eigenvalue weighted by Crippen LogP contribution is -2.22. The number of hydrogen-bond donors (Lipinski definition) is 0. The van der Waals surface area contributed by atoms with E-state index in [1.165, 1.54) is 0 Å². The molecule has 0 spiro atoms. The molecule has 1 aromatic heterocycles. The van der Waals surface area contributed by atoms with Crippen LogP contribution in [0.4, 0.5) is 5.95 Å². The van der Waals surface area contributed by atoms with Gasteiger partial charge in [0.2, 0.25) is 5.95 Å². The third-order valence-corrected chi connectivity index (χ3v) is 3.17. The first kappa shape index (κ1) is 9.99. The molecule has 2 unspecified atom stereocenters. The first-order chi connectivity index (χ1) is 6.66. The summed E-state index contributed by atoms with van der Waals surface area (Å²) in [5.74, 6) is 1.19. The minimum Gasteiger partial charge on any atom is -0.339 e. The molecule has 2 atom stereocenters. The molecule has 76 valence electrons. The van der Waals surface area contributed by atoms with Crippen molar-refractivity contribution in [2.75, 3.05) is 18.0 Å². The van der Waals surface area contributed by atoms with Gasteiger partial charge in [0, 0.05) is 13.1 Å². The third kappa shape index (κ3) is 1.93. The molecule has 1 aliphatic rings. The van der Waals surface area contributed by atoms with Crippen LogP contribution in [0.5, 0.6) is 0 Å². The number of anilines is 1. The smallest absolute Gasteiger partial charge is 0.225 e. The molecule has 5 heteroatoms. The van der Waals surface area contributed by atoms with E-state index in [1.807, 2.05) is 0 Å². The van der Waals surface area contributed by atoms with Crippen LogP contribution in [-0.2, 0) is 0 Å². The predicted molar refractivity (Wildman–Crippen MR) is 58.1 cm³/mol. The van der Waals surface area contributed by atoms with E-state index < -0.39 is 0 Å². The van der Waals surface area contributed by atoms with Gasteiger partial charge in [-0.2, -0.15) is 0 Å². The van der Waals surface area contributed by atoms with Gasteiger partial charge >= 0.3 is 0 Å². The molecule has 1 aliphatic heterocycles. The Morgan fingerprint density at radius 2 is 2.00 bits per heavy atom. The SMILES string of the molecule is CC1CN(c2ncc(Cl)cn2)CC1Cl. The van der Waals surface area contributed by atoms with Crippen LogP contribution >= 0.6 is 23.2 Å². The standard InChI is InChI=1S/C9H11Cl2N3/c1-6-4-14(5-8(6)11)9-12-2-7(10)3-13-9/h2-3,6,8H,4-5H2,1H3. The van der Waals surface area contributed by atoms with Crippen molar-refractivity contribution in [3.8, 4) is 0 Å². The number of nitrogens with zero attached hydrogens (tertiary/aromatic N) is 3. The Hall–Kier alpha value is -0.540. The van der Waals surface area contributed by atoms with Gasteiger partial charge in [-0.15, -0.1) is 11.6 Å². The summed E-state index contributed by atoms with van der Waals surface area (Å²) in [5, 5.41) is 0.748. The summed E-state index contributed by atoms with van der Waals surface area (Å²) >= 11 is 11.8. The Balaban J connectivity index is 2.13. The van der Waals surface area contributed by atoms with Crippen LogP contribution in [0.2, 0.25) is 5.02 Å². The van der Waals surface area contributed by atoms with Crippen molar-refractivity contribution in [2.24, 2.45) is 5.92 Å². The second-order valence-electron chi connectivity index (χ2n) is 3.60. The van der Waals surface area contributed by atoms with Gasteiger partial charge in [0.1, 0.15) is 0 Å². The van der Waals surface area contributed by atoms with E-state index in [2.05, 4.69) is 21.8 Å². The van der Waals surface area contributed by atoms with E-state index >= 15 is 0 Å². The Kier molecular flexibility index (Phi) is 2.79. The fourth-order valence-electron chi connectivity index (χ4n) is 1.56. The van der Waals surface area contributed by atoms with Crippen LogP contribution in [0.25, 0.3) is 0 Å². The topological polar surface area (TPSA) is 29.0 Å². The highest BCUT2D eigenvalue weighted by molar-refractivity contribution is 6.30. The van der Waals surface area contributed by atoms with Crippen LogP contribution in [0.3, 0.4) is 0 Å². The molecule has 0 radical (unpaired) electrons. The number of alkyl halides is 1. The summed E-state index contributed by atoms with van der Waals surface area (Å²) in [7, 11) is 0. The first-order valence-corrected chi connectivity index (χ1v) is 5.35. The fourth-order valence-corrected chi connectivity index (χ4v) is 1.90. The molecule has 0 bridgehead atoms. The second-order valence-corrected chi connectivity index (χ2v) is 4.60. The largest absolute Gasteiger partial charge is 0.339 e. The van der Waals surface area contributed by atoms with Gasteiger partial charge in [0.15, 0.2) is 0 Å². The maximum Gasteiger partial charge on any atom is 0.225 e. The highest BCUT2D eigenvalue weighted by atomic mass is 35.5. The van der Waals surface area contributed by atoms with E-state index in [1.54, 1.807) is 12.4 Å². The van der Waals surface area contributed by atoms with Crippen molar-refractivity contribution < 1.29 is 0 Å². The summed E-state index contributed by atoms with van der Waals surface area (Å²) in [6.45, 7) is 3.85. The van der Waals surface area contributed by atoms with E-state index in [0.717, 1.165) is 13.1 Å². The summed E-state index contributed by atoms with van der Waals surface area (Å²) in [5.41, 5.74) is 0. The van der Waals surface area contributed by atoms with Crippen molar-refractivity contribution in [2.45, 2.75) is 12.3 Å². The van der Waals surface area contributed by atoms with E-state index in [0.29, 0.717) is 16.9 Å². The predicted octanol–water partition coefficient (Wildman–Crippen LogP) is 2.19. The molecule has 2 rings (SSSR count). The summed E-state index contributed by atoms with van der Waals surface area (Å²) in [6.07, 6.45) is 3.21. The van der Waals surface area contributed by atoms with Gasteiger partial charge < -0.3 is 4.90 Å². The fraction of sp³-hybridized carbons (Fsp3) is 0.556. The highest BCUT2D eigenvalue weighted by Gasteiger charge is 2.29. The monoisotopic (exact) mass is 231 g/mol. The normalized spacial score (nSPS) is 26.9. The number of halogens is 2. The Morgan fingerprint density at radius 3 is 2.50 bits per heavy atom. The second kappa shape index (κ2) is 3.91. The first-order valence-electron chi connectivity index (χ1n) is 4.53. The minimum absolute atomic E-state index is 0.189. The van der Waals surface area contributed by atoms with Gasteiger partial charge in [-0.3, -0.25) is 0 Å². The van der Waals surface area contributed by atoms with E-state index in [-0.39, 0.29) is 5.38 Å². The molecule has 1 fully saturated rings.